The van der Waals surface area contributed by atoms with E-state index in [2.05, 4.69) is 5.32 Å². The average Bonchev–Trinajstić information content (AvgIpc) is 3.16. The van der Waals surface area contributed by atoms with Gasteiger partial charge in [0.25, 0.3) is 0 Å². The maximum atomic E-state index is 13.0. The Morgan fingerprint density at radius 2 is 1.96 bits per heavy atom. The lowest BCUT2D eigenvalue weighted by atomic mass is 10.2. The number of aromatic nitrogens is 2. The van der Waals surface area contributed by atoms with Crippen molar-refractivity contribution in [3.63, 3.8) is 0 Å². The predicted molar refractivity (Wildman–Crippen MR) is 83.1 cm³/mol. The average molecular weight is 353 g/mol. The second kappa shape index (κ2) is 6.15. The number of halogens is 3. The fourth-order valence-electron chi connectivity index (χ4n) is 2.58. The molecule has 0 aliphatic heterocycles. The summed E-state index contributed by atoms with van der Waals surface area (Å²) in [7, 11) is 1.39. The van der Waals surface area contributed by atoms with Gasteiger partial charge in [-0.3, -0.25) is 13.9 Å². The van der Waals surface area contributed by atoms with E-state index in [0.29, 0.717) is 11.3 Å². The predicted octanol–water partition coefficient (Wildman–Crippen LogP) is 2.21. The molecular formula is C16H14F3N3O3. The summed E-state index contributed by atoms with van der Waals surface area (Å²) in [5.74, 6) is -0.0162. The number of nitrogens with zero attached hydrogens (tertiary/aromatic N) is 2. The Balaban J connectivity index is 2.20. The van der Waals surface area contributed by atoms with Crippen molar-refractivity contribution in [2.24, 2.45) is 0 Å². The first-order chi connectivity index (χ1) is 11.8. The lowest BCUT2D eigenvalue weighted by Gasteiger charge is -2.08. The van der Waals surface area contributed by atoms with Gasteiger partial charge in [-0.25, -0.2) is 4.79 Å². The Hall–Kier alpha value is -2.97. The smallest absolute Gasteiger partial charge is 0.416 e. The van der Waals surface area contributed by atoms with Crippen LogP contribution >= 0.6 is 0 Å². The number of nitrogens with one attached hydrogen (secondary N) is 1. The Bertz CT molecular complexity index is 968. The summed E-state index contributed by atoms with van der Waals surface area (Å²) >= 11 is 0. The van der Waals surface area contributed by atoms with Gasteiger partial charge in [0, 0.05) is 7.05 Å². The van der Waals surface area contributed by atoms with Gasteiger partial charge in [-0.2, -0.15) is 13.2 Å². The highest BCUT2D eigenvalue weighted by Crippen LogP contribution is 2.31. The minimum absolute atomic E-state index is 0.0370. The van der Waals surface area contributed by atoms with Gasteiger partial charge in [-0.1, -0.05) is 0 Å². The van der Waals surface area contributed by atoms with E-state index in [4.69, 9.17) is 4.42 Å². The highest BCUT2D eigenvalue weighted by atomic mass is 19.4. The van der Waals surface area contributed by atoms with Crippen molar-refractivity contribution >= 4 is 16.9 Å². The fourth-order valence-corrected chi connectivity index (χ4v) is 2.58. The van der Waals surface area contributed by atoms with E-state index in [1.807, 2.05) is 0 Å². The number of fused-ring (bicyclic) bond motifs is 1. The number of benzene rings is 1. The van der Waals surface area contributed by atoms with Crippen LogP contribution in [0.1, 0.15) is 11.3 Å². The molecule has 132 valence electrons. The van der Waals surface area contributed by atoms with Crippen molar-refractivity contribution in [2.75, 3.05) is 7.05 Å². The van der Waals surface area contributed by atoms with Crippen molar-refractivity contribution in [2.45, 2.75) is 19.3 Å². The molecule has 3 aromatic rings. The number of carbonyl (C=O) groups is 1. The van der Waals surface area contributed by atoms with Crippen molar-refractivity contribution in [1.82, 2.24) is 14.5 Å². The number of hydrogen-bond donors (Lipinski definition) is 1. The summed E-state index contributed by atoms with van der Waals surface area (Å²) in [5, 5.41) is 2.36. The second-order valence-electron chi connectivity index (χ2n) is 5.41. The molecule has 0 radical (unpaired) electrons. The molecule has 0 unspecified atom stereocenters. The Kier molecular flexibility index (Phi) is 4.15. The van der Waals surface area contributed by atoms with Crippen LogP contribution in [0.3, 0.4) is 0 Å². The first-order valence-corrected chi connectivity index (χ1v) is 7.34. The molecule has 0 aliphatic rings. The summed E-state index contributed by atoms with van der Waals surface area (Å²) in [6.45, 7) is -0.327. The van der Waals surface area contributed by atoms with Gasteiger partial charge in [0.05, 0.1) is 29.4 Å². The summed E-state index contributed by atoms with van der Waals surface area (Å²) in [4.78, 5) is 24.3. The summed E-state index contributed by atoms with van der Waals surface area (Å²) < 4.78 is 46.5. The lowest BCUT2D eigenvalue weighted by Crippen LogP contribution is -2.31. The largest absolute Gasteiger partial charge is 0.467 e. The topological polar surface area (TPSA) is 69.2 Å². The molecule has 0 spiro atoms. The molecule has 0 atom stereocenters. The van der Waals surface area contributed by atoms with E-state index in [1.165, 1.54) is 23.9 Å². The highest BCUT2D eigenvalue weighted by Gasteiger charge is 2.31. The first-order valence-electron chi connectivity index (χ1n) is 7.34. The van der Waals surface area contributed by atoms with Crippen molar-refractivity contribution in [3.8, 4) is 0 Å². The van der Waals surface area contributed by atoms with Crippen molar-refractivity contribution < 1.29 is 22.4 Å². The molecule has 0 bridgehead atoms. The van der Waals surface area contributed by atoms with E-state index in [0.717, 1.165) is 16.7 Å². The monoisotopic (exact) mass is 353 g/mol. The molecule has 1 amide bonds. The molecule has 0 aliphatic carbocycles. The number of carbonyl (C=O) groups excluding carboxylic acids is 1. The maximum Gasteiger partial charge on any atom is 0.416 e. The first kappa shape index (κ1) is 16.9. The quantitative estimate of drug-likeness (QED) is 0.782. The minimum atomic E-state index is -4.55. The van der Waals surface area contributed by atoms with Crippen LogP contribution in [-0.4, -0.2) is 22.1 Å². The Morgan fingerprint density at radius 1 is 1.20 bits per heavy atom. The molecule has 0 saturated carbocycles. The van der Waals surface area contributed by atoms with E-state index in [9.17, 15) is 22.8 Å². The van der Waals surface area contributed by atoms with Gasteiger partial charge < -0.3 is 9.73 Å². The Labute approximate surface area is 139 Å². The van der Waals surface area contributed by atoms with Crippen molar-refractivity contribution in [1.29, 1.82) is 0 Å². The normalized spacial score (nSPS) is 11.8. The number of likely N-dealkylation sites (N-methyl/N-ethyl adjacent to an activating group) is 1. The van der Waals surface area contributed by atoms with Crippen LogP contribution in [0.4, 0.5) is 13.2 Å². The fraction of sp³-hybridized carbons (Fsp3) is 0.250. The van der Waals surface area contributed by atoms with Gasteiger partial charge in [-0.15, -0.1) is 0 Å². The van der Waals surface area contributed by atoms with Gasteiger partial charge in [0.1, 0.15) is 12.3 Å². The van der Waals surface area contributed by atoms with E-state index in [-0.39, 0.29) is 18.6 Å². The molecule has 0 saturated heterocycles. The molecule has 25 heavy (non-hydrogen) atoms. The van der Waals surface area contributed by atoms with Gasteiger partial charge in [-0.05, 0) is 30.3 Å². The van der Waals surface area contributed by atoms with Crippen LogP contribution in [0, 0.1) is 0 Å². The summed E-state index contributed by atoms with van der Waals surface area (Å²) in [6, 6.07) is 6.30. The van der Waals surface area contributed by atoms with Crippen LogP contribution in [0.15, 0.2) is 45.8 Å². The number of furan rings is 1. The summed E-state index contributed by atoms with van der Waals surface area (Å²) in [6.07, 6.45) is -3.11. The van der Waals surface area contributed by atoms with Crippen LogP contribution in [0.25, 0.3) is 11.0 Å². The lowest BCUT2D eigenvalue weighted by molar-refractivity contribution is -0.137. The number of imidazole rings is 1. The SMILES string of the molecule is CNC(=O)Cn1c(=O)n(Cc2ccco2)c2ccc(C(F)(F)F)cc21. The van der Waals surface area contributed by atoms with Gasteiger partial charge in [0.2, 0.25) is 5.91 Å². The third kappa shape index (κ3) is 3.17. The van der Waals surface area contributed by atoms with E-state index < -0.39 is 23.3 Å². The van der Waals surface area contributed by atoms with Crippen LogP contribution < -0.4 is 11.0 Å². The molecule has 1 N–H and O–H groups in total. The number of hydrogen-bond acceptors (Lipinski definition) is 3. The zero-order chi connectivity index (χ0) is 18.2. The van der Waals surface area contributed by atoms with Gasteiger partial charge >= 0.3 is 11.9 Å². The van der Waals surface area contributed by atoms with Crippen LogP contribution in [0.2, 0.25) is 0 Å². The van der Waals surface area contributed by atoms with E-state index in [1.54, 1.807) is 12.1 Å². The highest BCUT2D eigenvalue weighted by molar-refractivity contribution is 5.81. The number of amides is 1. The molecule has 2 heterocycles. The third-order valence-electron chi connectivity index (χ3n) is 3.82. The third-order valence-corrected chi connectivity index (χ3v) is 3.82. The standard InChI is InChI=1S/C16H14F3N3O3/c1-20-14(23)9-22-13-7-10(16(17,18)19)4-5-12(13)21(15(22)24)8-11-3-2-6-25-11/h2-7H,8-9H2,1H3,(H,20,23). The van der Waals surface area contributed by atoms with Crippen LogP contribution in [-0.2, 0) is 24.1 Å². The van der Waals surface area contributed by atoms with Crippen LogP contribution in [0.5, 0.6) is 0 Å². The molecule has 9 heteroatoms. The molecule has 0 fully saturated rings. The molecule has 3 rings (SSSR count). The van der Waals surface area contributed by atoms with Gasteiger partial charge in [0.15, 0.2) is 0 Å². The zero-order valence-corrected chi connectivity index (χ0v) is 13.1. The number of alkyl halides is 3. The second-order valence-corrected chi connectivity index (χ2v) is 5.41. The minimum Gasteiger partial charge on any atom is -0.467 e. The van der Waals surface area contributed by atoms with Crippen molar-refractivity contribution in [3.05, 3.63) is 58.4 Å². The molecule has 6 nitrogen and oxygen atoms in total. The molecule has 1 aromatic carbocycles. The zero-order valence-electron chi connectivity index (χ0n) is 13.1. The maximum absolute atomic E-state index is 13.0. The molecular weight excluding hydrogens is 339 g/mol. The Morgan fingerprint density at radius 3 is 2.56 bits per heavy atom. The van der Waals surface area contributed by atoms with E-state index >= 15 is 0 Å². The molecule has 2 aromatic heterocycles. The summed E-state index contributed by atoms with van der Waals surface area (Å²) in [5.41, 5.74) is -1.15. The number of rotatable bonds is 4.